The van der Waals surface area contributed by atoms with Gasteiger partial charge in [-0.15, -0.1) is 0 Å². The molecule has 5 nitrogen and oxygen atoms in total. The van der Waals surface area contributed by atoms with Crippen LogP contribution in [0.2, 0.25) is 0 Å². The standard InChI is InChI=1S/C15H17N3O2/c1-2-3-4-10-5-7-11(8-6-10)13(19)12-9-17-15(20)18-14(12)16/h5-9H,2-4H2,1H3,(H3,16,17,18,20). The maximum absolute atomic E-state index is 12.3. The average Bonchev–Trinajstić information content (AvgIpc) is 2.45. The Labute approximate surface area is 116 Å². The van der Waals surface area contributed by atoms with Crippen molar-refractivity contribution < 1.29 is 4.79 Å². The van der Waals surface area contributed by atoms with E-state index in [9.17, 15) is 9.59 Å². The lowest BCUT2D eigenvalue weighted by Gasteiger charge is -2.05. The van der Waals surface area contributed by atoms with Crippen LogP contribution in [0.3, 0.4) is 0 Å². The molecular formula is C15H17N3O2. The summed E-state index contributed by atoms with van der Waals surface area (Å²) in [5.74, 6) is -0.196. The zero-order valence-electron chi connectivity index (χ0n) is 11.3. The van der Waals surface area contributed by atoms with Gasteiger partial charge < -0.3 is 5.73 Å². The molecule has 0 aliphatic carbocycles. The van der Waals surface area contributed by atoms with Crippen LogP contribution in [0.15, 0.2) is 35.3 Å². The van der Waals surface area contributed by atoms with Crippen molar-refractivity contribution in [2.75, 3.05) is 5.73 Å². The van der Waals surface area contributed by atoms with Crippen LogP contribution < -0.4 is 11.4 Å². The van der Waals surface area contributed by atoms with Gasteiger partial charge in [0.2, 0.25) is 0 Å². The Morgan fingerprint density at radius 1 is 1.30 bits per heavy atom. The van der Waals surface area contributed by atoms with Crippen LogP contribution in [0.4, 0.5) is 5.82 Å². The number of benzene rings is 1. The number of aryl methyl sites for hydroxylation is 1. The number of aromatic amines is 1. The summed E-state index contributed by atoms with van der Waals surface area (Å²) in [6.45, 7) is 2.14. The maximum atomic E-state index is 12.3. The SMILES string of the molecule is CCCCc1ccc(C(=O)c2cnc(=O)[nH]c2N)cc1. The molecule has 2 aromatic rings. The number of anilines is 1. The third-order valence-electron chi connectivity index (χ3n) is 3.12. The number of hydrogen-bond acceptors (Lipinski definition) is 4. The van der Waals surface area contributed by atoms with E-state index in [1.54, 1.807) is 12.1 Å². The quantitative estimate of drug-likeness (QED) is 0.813. The maximum Gasteiger partial charge on any atom is 0.346 e. The van der Waals surface area contributed by atoms with E-state index in [-0.39, 0.29) is 17.2 Å². The van der Waals surface area contributed by atoms with Crippen molar-refractivity contribution in [3.05, 3.63) is 57.6 Å². The van der Waals surface area contributed by atoms with E-state index in [2.05, 4.69) is 16.9 Å². The summed E-state index contributed by atoms with van der Waals surface area (Å²) in [6.07, 6.45) is 4.49. The molecule has 2 rings (SSSR count). The van der Waals surface area contributed by atoms with Gasteiger partial charge in [-0.05, 0) is 18.4 Å². The zero-order valence-corrected chi connectivity index (χ0v) is 11.3. The van der Waals surface area contributed by atoms with Gasteiger partial charge in [-0.2, -0.15) is 0 Å². The van der Waals surface area contributed by atoms with Crippen LogP contribution in [-0.2, 0) is 6.42 Å². The van der Waals surface area contributed by atoms with Crippen molar-refractivity contribution in [3.8, 4) is 0 Å². The van der Waals surface area contributed by atoms with Gasteiger partial charge in [0.15, 0.2) is 5.78 Å². The first-order chi connectivity index (χ1) is 9.61. The van der Waals surface area contributed by atoms with Gasteiger partial charge in [-0.1, -0.05) is 37.6 Å². The lowest BCUT2D eigenvalue weighted by Crippen LogP contribution is -2.17. The molecule has 0 saturated heterocycles. The second-order valence-corrected chi connectivity index (χ2v) is 4.65. The normalized spacial score (nSPS) is 10.4. The molecule has 104 valence electrons. The molecule has 5 heteroatoms. The van der Waals surface area contributed by atoms with Crippen LogP contribution >= 0.6 is 0 Å². The van der Waals surface area contributed by atoms with E-state index in [0.29, 0.717) is 5.56 Å². The van der Waals surface area contributed by atoms with E-state index in [1.165, 1.54) is 11.8 Å². The second kappa shape index (κ2) is 6.14. The number of carbonyl (C=O) groups excluding carboxylic acids is 1. The topological polar surface area (TPSA) is 88.8 Å². The van der Waals surface area contributed by atoms with Crippen molar-refractivity contribution in [2.24, 2.45) is 0 Å². The number of nitrogens with zero attached hydrogens (tertiary/aromatic N) is 1. The largest absolute Gasteiger partial charge is 0.384 e. The smallest absolute Gasteiger partial charge is 0.346 e. The van der Waals surface area contributed by atoms with Crippen LogP contribution in [0.1, 0.15) is 41.3 Å². The Hall–Kier alpha value is -2.43. The Kier molecular flexibility index (Phi) is 4.30. The molecule has 0 aliphatic rings. The van der Waals surface area contributed by atoms with Gasteiger partial charge in [0.25, 0.3) is 0 Å². The molecule has 0 aliphatic heterocycles. The first-order valence-electron chi connectivity index (χ1n) is 6.60. The first-order valence-corrected chi connectivity index (χ1v) is 6.60. The van der Waals surface area contributed by atoms with Crippen LogP contribution in [-0.4, -0.2) is 15.8 Å². The molecule has 0 unspecified atom stereocenters. The molecule has 1 aromatic heterocycles. The minimum absolute atomic E-state index is 0.0464. The fourth-order valence-electron chi connectivity index (χ4n) is 1.95. The number of ketones is 1. The van der Waals surface area contributed by atoms with E-state index < -0.39 is 5.69 Å². The number of hydrogen-bond donors (Lipinski definition) is 2. The van der Waals surface area contributed by atoms with E-state index in [0.717, 1.165) is 19.3 Å². The molecule has 1 heterocycles. The minimum Gasteiger partial charge on any atom is -0.384 e. The summed E-state index contributed by atoms with van der Waals surface area (Å²) in [6, 6.07) is 7.44. The summed E-state index contributed by atoms with van der Waals surface area (Å²) in [5.41, 5.74) is 7.03. The summed E-state index contributed by atoms with van der Waals surface area (Å²) < 4.78 is 0. The van der Waals surface area contributed by atoms with E-state index in [4.69, 9.17) is 5.73 Å². The van der Waals surface area contributed by atoms with Gasteiger partial charge in [0.1, 0.15) is 5.82 Å². The average molecular weight is 271 g/mol. The highest BCUT2D eigenvalue weighted by Crippen LogP contribution is 2.14. The number of aromatic nitrogens is 2. The lowest BCUT2D eigenvalue weighted by atomic mass is 10.0. The number of H-pyrrole nitrogens is 1. The molecule has 0 spiro atoms. The van der Waals surface area contributed by atoms with Gasteiger partial charge in [-0.3, -0.25) is 9.78 Å². The van der Waals surface area contributed by atoms with Gasteiger partial charge in [-0.25, -0.2) is 9.78 Å². The lowest BCUT2D eigenvalue weighted by molar-refractivity contribution is 0.103. The van der Waals surface area contributed by atoms with Crippen molar-refractivity contribution in [3.63, 3.8) is 0 Å². The van der Waals surface area contributed by atoms with Crippen molar-refractivity contribution in [1.29, 1.82) is 0 Å². The molecule has 1 aromatic carbocycles. The predicted octanol–water partition coefficient (Wildman–Crippen LogP) is 1.93. The molecule has 0 amide bonds. The number of carbonyl (C=O) groups is 1. The minimum atomic E-state index is -0.561. The van der Waals surface area contributed by atoms with Crippen molar-refractivity contribution >= 4 is 11.6 Å². The molecular weight excluding hydrogens is 254 g/mol. The molecule has 0 saturated carbocycles. The summed E-state index contributed by atoms with van der Waals surface area (Å²) in [4.78, 5) is 29.1. The van der Waals surface area contributed by atoms with Crippen LogP contribution in [0.25, 0.3) is 0 Å². The Balaban J connectivity index is 2.22. The Bertz CT molecular complexity index is 660. The van der Waals surface area contributed by atoms with Gasteiger partial charge in [0.05, 0.1) is 5.56 Å². The molecule has 0 bridgehead atoms. The fraction of sp³-hybridized carbons (Fsp3) is 0.267. The third-order valence-corrected chi connectivity index (χ3v) is 3.12. The summed E-state index contributed by atoms with van der Waals surface area (Å²) in [7, 11) is 0. The Morgan fingerprint density at radius 2 is 2.00 bits per heavy atom. The number of unbranched alkanes of at least 4 members (excludes halogenated alkanes) is 1. The molecule has 0 atom stereocenters. The molecule has 3 N–H and O–H groups in total. The monoisotopic (exact) mass is 271 g/mol. The van der Waals surface area contributed by atoms with E-state index in [1.807, 2.05) is 12.1 Å². The first kappa shape index (κ1) is 14.0. The van der Waals surface area contributed by atoms with Gasteiger partial charge >= 0.3 is 5.69 Å². The fourth-order valence-corrected chi connectivity index (χ4v) is 1.95. The van der Waals surface area contributed by atoms with Crippen LogP contribution in [0, 0.1) is 0 Å². The number of nitrogens with one attached hydrogen (secondary N) is 1. The molecule has 20 heavy (non-hydrogen) atoms. The van der Waals surface area contributed by atoms with Crippen LogP contribution in [0.5, 0.6) is 0 Å². The van der Waals surface area contributed by atoms with Crippen molar-refractivity contribution in [2.45, 2.75) is 26.2 Å². The second-order valence-electron chi connectivity index (χ2n) is 4.65. The number of nitrogens with two attached hydrogens (primary N) is 1. The Morgan fingerprint density at radius 3 is 2.60 bits per heavy atom. The van der Waals surface area contributed by atoms with Crippen molar-refractivity contribution in [1.82, 2.24) is 9.97 Å². The van der Waals surface area contributed by atoms with Gasteiger partial charge in [0, 0.05) is 11.8 Å². The summed E-state index contributed by atoms with van der Waals surface area (Å²) in [5, 5.41) is 0. The highest BCUT2D eigenvalue weighted by Gasteiger charge is 2.13. The summed E-state index contributed by atoms with van der Waals surface area (Å²) >= 11 is 0. The zero-order chi connectivity index (χ0) is 14.5. The third kappa shape index (κ3) is 3.12. The van der Waals surface area contributed by atoms with E-state index >= 15 is 0 Å². The molecule has 0 radical (unpaired) electrons. The molecule has 0 fully saturated rings. The number of nitrogen functional groups attached to an aromatic ring is 1. The number of rotatable bonds is 5. The highest BCUT2D eigenvalue weighted by molar-refractivity contribution is 6.11. The predicted molar refractivity (Wildman–Crippen MR) is 77.8 cm³/mol. The highest BCUT2D eigenvalue weighted by atomic mass is 16.1.